The average molecular weight is 336 g/mol. The van der Waals surface area contributed by atoms with E-state index >= 15 is 0 Å². The Balaban J connectivity index is 2.03. The zero-order valence-corrected chi connectivity index (χ0v) is 14.6. The SMILES string of the molecule is COC(=O)c1cccn(CC2CCN(C(=O)OC(C)(C)C)C2)c1=O. The molecule has 1 fully saturated rings. The maximum absolute atomic E-state index is 12.3. The van der Waals surface area contributed by atoms with Gasteiger partial charge in [-0.1, -0.05) is 0 Å². The van der Waals surface area contributed by atoms with E-state index < -0.39 is 11.6 Å². The van der Waals surface area contributed by atoms with Gasteiger partial charge in [-0.15, -0.1) is 0 Å². The summed E-state index contributed by atoms with van der Waals surface area (Å²) < 4.78 is 11.5. The molecule has 1 aliphatic rings. The molecular formula is C17H24N2O5. The van der Waals surface area contributed by atoms with Crippen molar-refractivity contribution in [3.63, 3.8) is 0 Å². The molecule has 7 heteroatoms. The summed E-state index contributed by atoms with van der Waals surface area (Å²) in [7, 11) is 1.24. The number of amides is 1. The number of esters is 1. The summed E-state index contributed by atoms with van der Waals surface area (Å²) >= 11 is 0. The van der Waals surface area contributed by atoms with Crippen molar-refractivity contribution in [1.29, 1.82) is 0 Å². The Hall–Kier alpha value is -2.31. The zero-order valence-electron chi connectivity index (χ0n) is 14.6. The minimum absolute atomic E-state index is 0.0157. The molecule has 0 aromatic carbocycles. The first-order chi connectivity index (χ1) is 11.2. The van der Waals surface area contributed by atoms with Gasteiger partial charge in [0.25, 0.3) is 5.56 Å². The zero-order chi connectivity index (χ0) is 17.9. The standard InChI is InChI=1S/C17H24N2O5/c1-17(2,3)24-16(22)19-9-7-12(11-19)10-18-8-5-6-13(14(18)20)15(21)23-4/h5-6,8,12H,7,9-11H2,1-4H3. The third kappa shape index (κ3) is 4.37. The van der Waals surface area contributed by atoms with Crippen molar-refractivity contribution < 1.29 is 19.1 Å². The lowest BCUT2D eigenvalue weighted by Gasteiger charge is -2.24. The van der Waals surface area contributed by atoms with Crippen molar-refractivity contribution in [3.05, 3.63) is 34.2 Å². The summed E-state index contributed by atoms with van der Waals surface area (Å²) in [6, 6.07) is 3.10. The Morgan fingerprint density at radius 3 is 2.67 bits per heavy atom. The fraction of sp³-hybridized carbons (Fsp3) is 0.588. The van der Waals surface area contributed by atoms with Gasteiger partial charge in [0.15, 0.2) is 0 Å². The topological polar surface area (TPSA) is 77.8 Å². The third-order valence-electron chi connectivity index (χ3n) is 3.82. The van der Waals surface area contributed by atoms with E-state index in [1.54, 1.807) is 17.2 Å². The lowest BCUT2D eigenvalue weighted by atomic mass is 10.1. The van der Waals surface area contributed by atoms with Crippen molar-refractivity contribution in [1.82, 2.24) is 9.47 Å². The minimum atomic E-state index is -0.642. The average Bonchev–Trinajstić information content (AvgIpc) is 2.96. The van der Waals surface area contributed by atoms with Gasteiger partial charge in [0.1, 0.15) is 11.2 Å². The first-order valence-electron chi connectivity index (χ1n) is 7.97. The largest absolute Gasteiger partial charge is 0.465 e. The van der Waals surface area contributed by atoms with E-state index in [-0.39, 0.29) is 23.1 Å². The van der Waals surface area contributed by atoms with Crippen molar-refractivity contribution in [2.45, 2.75) is 39.3 Å². The Bertz CT molecular complexity index is 674. The van der Waals surface area contributed by atoms with Crippen LogP contribution in [0.5, 0.6) is 0 Å². The quantitative estimate of drug-likeness (QED) is 0.788. The van der Waals surface area contributed by atoms with Crippen LogP contribution < -0.4 is 5.56 Å². The smallest absolute Gasteiger partial charge is 0.410 e. The fourth-order valence-corrected chi connectivity index (χ4v) is 2.70. The second-order valence-electron chi connectivity index (χ2n) is 6.95. The number of methoxy groups -OCH3 is 1. The Morgan fingerprint density at radius 2 is 2.04 bits per heavy atom. The lowest BCUT2D eigenvalue weighted by molar-refractivity contribution is 0.0287. The van der Waals surface area contributed by atoms with Crippen LogP contribution in [0.4, 0.5) is 4.79 Å². The van der Waals surface area contributed by atoms with Crippen LogP contribution >= 0.6 is 0 Å². The van der Waals surface area contributed by atoms with Crippen molar-refractivity contribution in [2.24, 2.45) is 5.92 Å². The summed E-state index contributed by atoms with van der Waals surface area (Å²) in [4.78, 5) is 37.6. The van der Waals surface area contributed by atoms with Crippen LogP contribution in [-0.2, 0) is 16.0 Å². The van der Waals surface area contributed by atoms with Crippen LogP contribution in [0.25, 0.3) is 0 Å². The maximum Gasteiger partial charge on any atom is 0.410 e. The highest BCUT2D eigenvalue weighted by Gasteiger charge is 2.30. The van der Waals surface area contributed by atoms with Crippen LogP contribution in [0.15, 0.2) is 23.1 Å². The highest BCUT2D eigenvalue weighted by molar-refractivity contribution is 5.88. The molecule has 1 unspecified atom stereocenters. The van der Waals surface area contributed by atoms with Gasteiger partial charge in [0, 0.05) is 25.8 Å². The number of rotatable bonds is 3. The molecular weight excluding hydrogens is 312 g/mol. The molecule has 1 atom stereocenters. The number of ether oxygens (including phenoxy) is 2. The monoisotopic (exact) mass is 336 g/mol. The normalized spacial score (nSPS) is 17.7. The molecule has 1 aromatic heterocycles. The molecule has 1 aromatic rings. The number of aromatic nitrogens is 1. The number of carbonyl (C=O) groups is 2. The maximum atomic E-state index is 12.3. The summed E-state index contributed by atoms with van der Waals surface area (Å²) in [5.74, 6) is -0.501. The van der Waals surface area contributed by atoms with Gasteiger partial charge < -0.3 is 18.9 Å². The van der Waals surface area contributed by atoms with Gasteiger partial charge in [-0.2, -0.15) is 0 Å². The van der Waals surface area contributed by atoms with Gasteiger partial charge in [-0.3, -0.25) is 4.79 Å². The van der Waals surface area contributed by atoms with E-state index in [0.29, 0.717) is 19.6 Å². The molecule has 132 valence electrons. The fourth-order valence-electron chi connectivity index (χ4n) is 2.70. The molecule has 0 aliphatic carbocycles. The number of hydrogen-bond donors (Lipinski definition) is 0. The highest BCUT2D eigenvalue weighted by Crippen LogP contribution is 2.20. The first kappa shape index (κ1) is 18.0. The van der Waals surface area contributed by atoms with Crippen LogP contribution in [0.3, 0.4) is 0 Å². The van der Waals surface area contributed by atoms with Gasteiger partial charge in [-0.05, 0) is 45.2 Å². The Labute approximate surface area is 141 Å². The summed E-state index contributed by atoms with van der Waals surface area (Å²) in [6.45, 7) is 7.07. The molecule has 24 heavy (non-hydrogen) atoms. The van der Waals surface area contributed by atoms with Crippen LogP contribution in [0.2, 0.25) is 0 Å². The predicted octanol–water partition coefficient (Wildman–Crippen LogP) is 1.89. The lowest BCUT2D eigenvalue weighted by Crippen LogP contribution is -2.36. The molecule has 1 aliphatic heterocycles. The third-order valence-corrected chi connectivity index (χ3v) is 3.82. The van der Waals surface area contributed by atoms with E-state index in [1.165, 1.54) is 17.7 Å². The summed E-state index contributed by atoms with van der Waals surface area (Å²) in [5, 5.41) is 0. The predicted molar refractivity (Wildman–Crippen MR) is 88.0 cm³/mol. The van der Waals surface area contributed by atoms with Crippen LogP contribution in [0, 0.1) is 5.92 Å². The molecule has 0 N–H and O–H groups in total. The first-order valence-corrected chi connectivity index (χ1v) is 7.97. The number of hydrogen-bond acceptors (Lipinski definition) is 5. The van der Waals surface area contributed by atoms with E-state index in [9.17, 15) is 14.4 Å². The molecule has 0 bridgehead atoms. The second-order valence-corrected chi connectivity index (χ2v) is 6.95. The van der Waals surface area contributed by atoms with E-state index in [4.69, 9.17) is 4.74 Å². The molecule has 2 rings (SSSR count). The molecule has 0 radical (unpaired) electrons. The number of likely N-dealkylation sites (tertiary alicyclic amines) is 1. The molecule has 1 amide bonds. The van der Waals surface area contributed by atoms with Crippen LogP contribution in [0.1, 0.15) is 37.6 Å². The molecule has 0 spiro atoms. The number of carbonyl (C=O) groups excluding carboxylic acids is 2. The number of pyridine rings is 1. The Morgan fingerprint density at radius 1 is 1.33 bits per heavy atom. The minimum Gasteiger partial charge on any atom is -0.465 e. The summed E-state index contributed by atoms with van der Waals surface area (Å²) in [5.41, 5.74) is -0.886. The van der Waals surface area contributed by atoms with E-state index in [1.807, 2.05) is 20.8 Å². The molecule has 1 saturated heterocycles. The summed E-state index contributed by atoms with van der Waals surface area (Å²) in [6.07, 6.45) is 2.10. The van der Waals surface area contributed by atoms with Gasteiger partial charge in [-0.25, -0.2) is 9.59 Å². The molecule has 2 heterocycles. The second kappa shape index (κ2) is 7.07. The molecule has 0 saturated carbocycles. The van der Waals surface area contributed by atoms with Gasteiger partial charge in [0.2, 0.25) is 0 Å². The van der Waals surface area contributed by atoms with Crippen LogP contribution in [-0.4, -0.2) is 47.3 Å². The highest BCUT2D eigenvalue weighted by atomic mass is 16.6. The van der Waals surface area contributed by atoms with E-state index in [2.05, 4.69) is 4.74 Å². The Kier molecular flexibility index (Phi) is 5.31. The molecule has 7 nitrogen and oxygen atoms in total. The number of nitrogens with zero attached hydrogens (tertiary/aromatic N) is 2. The van der Waals surface area contributed by atoms with Gasteiger partial charge in [0.05, 0.1) is 7.11 Å². The van der Waals surface area contributed by atoms with Crippen molar-refractivity contribution in [2.75, 3.05) is 20.2 Å². The van der Waals surface area contributed by atoms with Crippen molar-refractivity contribution in [3.8, 4) is 0 Å². The van der Waals surface area contributed by atoms with E-state index in [0.717, 1.165) is 6.42 Å². The van der Waals surface area contributed by atoms with Crippen molar-refractivity contribution >= 4 is 12.1 Å². The van der Waals surface area contributed by atoms with Gasteiger partial charge >= 0.3 is 12.1 Å².